The largest absolute Gasteiger partial charge is 0.375 e. The topological polar surface area (TPSA) is 32.7 Å². The summed E-state index contributed by atoms with van der Waals surface area (Å²) < 4.78 is 0. The van der Waals surface area contributed by atoms with Gasteiger partial charge in [0.15, 0.2) is 0 Å². The number of carbonyl (C=O) groups excluding carboxylic acids is 1. The second-order valence-corrected chi connectivity index (χ2v) is 6.26. The molecule has 1 aliphatic rings. The van der Waals surface area contributed by atoms with Crippen molar-refractivity contribution in [2.45, 2.75) is 13.8 Å². The Hall–Kier alpha value is -2.39. The average Bonchev–Trinajstić information content (AvgIpc) is 2.60. The van der Waals surface area contributed by atoms with Crippen LogP contribution < -0.4 is 4.90 Å². The minimum absolute atomic E-state index is 0.150. The van der Waals surface area contributed by atoms with Crippen molar-refractivity contribution in [3.8, 4) is 0 Å². The molecular weight excluding hydrogens is 320 g/mol. The normalized spacial score (nSPS) is 15.2. The standard InChI is InChI=1S/C20H19ClN2O/c1-4-23(3)14-9-10-18(13(2)11-14)22-19-12-17(21)20(24)16-8-6-5-7-15(16)19/h5-12H,4H2,1-3H3. The van der Waals surface area contributed by atoms with Gasteiger partial charge in [-0.05, 0) is 43.7 Å². The maximum atomic E-state index is 12.2. The predicted octanol–water partition coefficient (Wildman–Crippen LogP) is 4.89. The second kappa shape index (κ2) is 6.62. The molecule has 0 amide bonds. The molecule has 0 aliphatic heterocycles. The number of hydrogen-bond donors (Lipinski definition) is 0. The van der Waals surface area contributed by atoms with Crippen LogP contribution in [0.2, 0.25) is 0 Å². The van der Waals surface area contributed by atoms with Gasteiger partial charge in [0.2, 0.25) is 5.78 Å². The number of carbonyl (C=O) groups is 1. The van der Waals surface area contributed by atoms with Crippen molar-refractivity contribution in [2.75, 3.05) is 18.5 Å². The summed E-state index contributed by atoms with van der Waals surface area (Å²) in [5.74, 6) is -0.150. The molecule has 3 nitrogen and oxygen atoms in total. The summed E-state index contributed by atoms with van der Waals surface area (Å²) in [4.78, 5) is 19.1. The Balaban J connectivity index is 2.07. The van der Waals surface area contributed by atoms with Gasteiger partial charge in [0.05, 0.1) is 16.4 Å². The molecule has 0 radical (unpaired) electrons. The van der Waals surface area contributed by atoms with Crippen LogP contribution in [0.15, 0.2) is 58.6 Å². The maximum absolute atomic E-state index is 12.2. The summed E-state index contributed by atoms with van der Waals surface area (Å²) >= 11 is 6.11. The van der Waals surface area contributed by atoms with Gasteiger partial charge in [-0.15, -0.1) is 0 Å². The number of benzene rings is 2. The smallest absolute Gasteiger partial charge is 0.205 e. The molecule has 122 valence electrons. The lowest BCUT2D eigenvalue weighted by Crippen LogP contribution is -2.16. The van der Waals surface area contributed by atoms with Crippen LogP contribution in [0.1, 0.15) is 28.4 Å². The first-order valence-corrected chi connectivity index (χ1v) is 8.31. The van der Waals surface area contributed by atoms with E-state index in [1.165, 1.54) is 0 Å². The molecule has 0 saturated carbocycles. The first-order valence-electron chi connectivity index (χ1n) is 7.93. The Morgan fingerprint density at radius 3 is 2.50 bits per heavy atom. The first-order chi connectivity index (χ1) is 11.5. The molecule has 2 aromatic carbocycles. The molecule has 0 N–H and O–H groups in total. The fourth-order valence-electron chi connectivity index (χ4n) is 2.70. The number of nitrogens with zero attached hydrogens (tertiary/aromatic N) is 2. The number of Topliss-reactive ketones (excluding diaryl/α,β-unsaturated/α-hetero) is 1. The zero-order chi connectivity index (χ0) is 17.3. The minimum atomic E-state index is -0.150. The number of anilines is 1. The summed E-state index contributed by atoms with van der Waals surface area (Å²) in [6, 6.07) is 13.6. The van der Waals surface area contributed by atoms with Gasteiger partial charge < -0.3 is 4.90 Å². The van der Waals surface area contributed by atoms with Gasteiger partial charge in [0.25, 0.3) is 0 Å². The summed E-state index contributed by atoms with van der Waals surface area (Å²) in [6.45, 7) is 5.10. The van der Waals surface area contributed by atoms with E-state index in [9.17, 15) is 4.79 Å². The summed E-state index contributed by atoms with van der Waals surface area (Å²) in [5, 5.41) is 0.201. The fourth-order valence-corrected chi connectivity index (χ4v) is 2.91. The third-order valence-electron chi connectivity index (χ3n) is 4.26. The molecular formula is C20H19ClN2O. The van der Waals surface area contributed by atoms with Crippen LogP contribution in [0, 0.1) is 6.92 Å². The minimum Gasteiger partial charge on any atom is -0.375 e. The van der Waals surface area contributed by atoms with Gasteiger partial charge in [-0.1, -0.05) is 35.9 Å². The lowest BCUT2D eigenvalue weighted by molar-refractivity contribution is 0.104. The van der Waals surface area contributed by atoms with Gasteiger partial charge in [-0.3, -0.25) is 4.79 Å². The molecule has 0 bridgehead atoms. The molecule has 24 heavy (non-hydrogen) atoms. The third kappa shape index (κ3) is 3.00. The van der Waals surface area contributed by atoms with Gasteiger partial charge in [-0.2, -0.15) is 0 Å². The van der Waals surface area contributed by atoms with Crippen molar-refractivity contribution >= 4 is 34.5 Å². The molecule has 0 saturated heterocycles. The summed E-state index contributed by atoms with van der Waals surface area (Å²) in [5.41, 5.74) is 5.26. The molecule has 0 atom stereocenters. The molecule has 3 rings (SSSR count). The average molecular weight is 339 g/mol. The Bertz CT molecular complexity index is 868. The number of aryl methyl sites for hydroxylation is 1. The van der Waals surface area contributed by atoms with Crippen molar-refractivity contribution in [3.63, 3.8) is 0 Å². The number of halogens is 1. The highest BCUT2D eigenvalue weighted by atomic mass is 35.5. The maximum Gasteiger partial charge on any atom is 0.205 e. The molecule has 2 aromatic rings. The molecule has 0 heterocycles. The molecule has 1 aliphatic carbocycles. The summed E-state index contributed by atoms with van der Waals surface area (Å²) in [7, 11) is 2.06. The lowest BCUT2D eigenvalue weighted by atomic mass is 9.94. The SMILES string of the molecule is CCN(C)c1ccc(N=C2C=C(Cl)C(=O)c3ccccc32)c(C)c1. The molecule has 4 heteroatoms. The van der Waals surface area contributed by atoms with E-state index >= 15 is 0 Å². The number of hydrogen-bond acceptors (Lipinski definition) is 3. The van der Waals surface area contributed by atoms with E-state index in [0.29, 0.717) is 5.56 Å². The van der Waals surface area contributed by atoms with E-state index in [1.54, 1.807) is 12.1 Å². The number of fused-ring (bicyclic) bond motifs is 1. The van der Waals surface area contributed by atoms with Crippen molar-refractivity contribution in [3.05, 3.63) is 70.3 Å². The zero-order valence-electron chi connectivity index (χ0n) is 14.0. The quantitative estimate of drug-likeness (QED) is 0.798. The monoisotopic (exact) mass is 338 g/mol. The Morgan fingerprint density at radius 2 is 1.83 bits per heavy atom. The fraction of sp³-hybridized carbons (Fsp3) is 0.200. The van der Waals surface area contributed by atoms with Crippen LogP contribution in [0.25, 0.3) is 0 Å². The highest BCUT2D eigenvalue weighted by Crippen LogP contribution is 2.29. The van der Waals surface area contributed by atoms with E-state index in [-0.39, 0.29) is 10.8 Å². The predicted molar refractivity (Wildman–Crippen MR) is 101 cm³/mol. The number of aliphatic imine (C=N–C) groups is 1. The van der Waals surface area contributed by atoms with Crippen molar-refractivity contribution in [1.82, 2.24) is 0 Å². The van der Waals surface area contributed by atoms with Gasteiger partial charge in [0, 0.05) is 30.4 Å². The number of allylic oxidation sites excluding steroid dienone is 2. The Morgan fingerprint density at radius 1 is 1.12 bits per heavy atom. The van der Waals surface area contributed by atoms with Crippen molar-refractivity contribution in [1.29, 1.82) is 0 Å². The Kier molecular flexibility index (Phi) is 4.54. The Labute approximate surface area is 147 Å². The number of ketones is 1. The highest BCUT2D eigenvalue weighted by molar-refractivity contribution is 6.49. The van der Waals surface area contributed by atoms with Crippen LogP contribution in [0.4, 0.5) is 11.4 Å². The van der Waals surface area contributed by atoms with Gasteiger partial charge >= 0.3 is 0 Å². The van der Waals surface area contributed by atoms with Crippen LogP contribution in [0.3, 0.4) is 0 Å². The van der Waals surface area contributed by atoms with Crippen LogP contribution >= 0.6 is 11.6 Å². The summed E-state index contributed by atoms with van der Waals surface area (Å²) in [6.07, 6.45) is 1.65. The van der Waals surface area contributed by atoms with E-state index in [1.807, 2.05) is 31.2 Å². The van der Waals surface area contributed by atoms with Crippen LogP contribution in [0.5, 0.6) is 0 Å². The zero-order valence-corrected chi connectivity index (χ0v) is 14.8. The number of rotatable bonds is 3. The van der Waals surface area contributed by atoms with Crippen molar-refractivity contribution in [2.24, 2.45) is 4.99 Å². The molecule has 0 fully saturated rings. The molecule has 0 aromatic heterocycles. The molecule has 0 unspecified atom stereocenters. The first kappa shape index (κ1) is 16.5. The third-order valence-corrected chi connectivity index (χ3v) is 4.55. The lowest BCUT2D eigenvalue weighted by Gasteiger charge is -2.18. The van der Waals surface area contributed by atoms with Gasteiger partial charge in [0.1, 0.15) is 0 Å². The van der Waals surface area contributed by atoms with E-state index in [0.717, 1.165) is 34.8 Å². The van der Waals surface area contributed by atoms with Gasteiger partial charge in [-0.25, -0.2) is 4.99 Å². The van der Waals surface area contributed by atoms with Crippen LogP contribution in [-0.4, -0.2) is 25.1 Å². The van der Waals surface area contributed by atoms with Crippen LogP contribution in [-0.2, 0) is 0 Å². The van der Waals surface area contributed by atoms with E-state index < -0.39 is 0 Å². The second-order valence-electron chi connectivity index (χ2n) is 5.85. The van der Waals surface area contributed by atoms with Crippen molar-refractivity contribution < 1.29 is 4.79 Å². The van der Waals surface area contributed by atoms with E-state index in [4.69, 9.17) is 16.6 Å². The van der Waals surface area contributed by atoms with E-state index in [2.05, 4.69) is 31.0 Å². The highest BCUT2D eigenvalue weighted by Gasteiger charge is 2.22. The molecule has 0 spiro atoms.